The van der Waals surface area contributed by atoms with Gasteiger partial charge in [-0.2, -0.15) is 5.26 Å². The van der Waals surface area contributed by atoms with Crippen molar-refractivity contribution in [3.05, 3.63) is 29.8 Å². The molecule has 102 valence electrons. The second-order valence-corrected chi connectivity index (χ2v) is 4.09. The van der Waals surface area contributed by atoms with Crippen molar-refractivity contribution in [2.75, 3.05) is 13.7 Å². The molecule has 0 saturated heterocycles. The summed E-state index contributed by atoms with van der Waals surface area (Å²) >= 11 is 0. The maximum Gasteiger partial charge on any atom is 0.322 e. The van der Waals surface area contributed by atoms with Crippen LogP contribution in [0.15, 0.2) is 24.3 Å². The van der Waals surface area contributed by atoms with Crippen molar-refractivity contribution in [3.63, 3.8) is 0 Å². The number of carbonyl (C=O) groups excluding carboxylic acids is 1. The van der Waals surface area contributed by atoms with Crippen LogP contribution in [0.3, 0.4) is 0 Å². The van der Waals surface area contributed by atoms with Crippen molar-refractivity contribution in [1.29, 1.82) is 5.26 Å². The molecule has 1 atom stereocenters. The molecule has 1 rings (SSSR count). The Morgan fingerprint density at radius 1 is 1.42 bits per heavy atom. The minimum atomic E-state index is -0.646. The first-order chi connectivity index (χ1) is 9.17. The van der Waals surface area contributed by atoms with Crippen LogP contribution in [0.2, 0.25) is 0 Å². The minimum absolute atomic E-state index is 0.420. The zero-order chi connectivity index (χ0) is 14.1. The number of nitrogens with zero attached hydrogens (tertiary/aromatic N) is 1. The molecule has 19 heavy (non-hydrogen) atoms. The van der Waals surface area contributed by atoms with E-state index in [0.717, 1.165) is 11.3 Å². The van der Waals surface area contributed by atoms with Crippen LogP contribution in [-0.4, -0.2) is 25.7 Å². The van der Waals surface area contributed by atoms with Gasteiger partial charge in [0.1, 0.15) is 11.8 Å². The number of ether oxygens (including phenoxy) is 2. The first kappa shape index (κ1) is 15.0. The van der Waals surface area contributed by atoms with Gasteiger partial charge in [-0.05, 0) is 30.5 Å². The van der Waals surface area contributed by atoms with Crippen molar-refractivity contribution in [2.24, 2.45) is 5.73 Å². The predicted octanol–water partition coefficient (Wildman–Crippen LogP) is 1.41. The topological polar surface area (TPSA) is 85.3 Å². The molecule has 0 fully saturated rings. The molecule has 1 aromatic carbocycles. The van der Waals surface area contributed by atoms with Crippen LogP contribution in [0.25, 0.3) is 0 Å². The Hall–Kier alpha value is -2.06. The zero-order valence-corrected chi connectivity index (χ0v) is 11.0. The number of esters is 1. The lowest BCUT2D eigenvalue weighted by molar-refractivity contribution is -0.142. The van der Waals surface area contributed by atoms with E-state index in [9.17, 15) is 4.79 Å². The van der Waals surface area contributed by atoms with Gasteiger partial charge in [-0.25, -0.2) is 0 Å². The van der Waals surface area contributed by atoms with Gasteiger partial charge in [0.2, 0.25) is 0 Å². The van der Waals surface area contributed by atoms with Crippen LogP contribution in [0, 0.1) is 11.3 Å². The molecule has 0 aliphatic rings. The third kappa shape index (κ3) is 5.40. The molecular formula is C14H18N2O3. The van der Waals surface area contributed by atoms with Gasteiger partial charge in [0, 0.05) is 6.42 Å². The van der Waals surface area contributed by atoms with E-state index in [4.69, 9.17) is 15.7 Å². The van der Waals surface area contributed by atoms with Crippen LogP contribution in [-0.2, 0) is 16.0 Å². The zero-order valence-electron chi connectivity index (χ0n) is 11.0. The van der Waals surface area contributed by atoms with Crippen LogP contribution in [0.1, 0.15) is 18.4 Å². The Bertz CT molecular complexity index is 437. The number of unbranched alkanes of at least 4 members (excludes halogenated alkanes) is 1. The average Bonchev–Trinajstić information content (AvgIpc) is 2.44. The van der Waals surface area contributed by atoms with E-state index < -0.39 is 12.0 Å². The highest BCUT2D eigenvalue weighted by Gasteiger charge is 2.13. The second-order valence-electron chi connectivity index (χ2n) is 4.09. The van der Waals surface area contributed by atoms with E-state index >= 15 is 0 Å². The monoisotopic (exact) mass is 262 g/mol. The van der Waals surface area contributed by atoms with E-state index in [0.29, 0.717) is 25.9 Å². The molecular weight excluding hydrogens is 244 g/mol. The summed E-state index contributed by atoms with van der Waals surface area (Å²) in [6, 6.07) is 8.79. The number of hydrogen-bond donors (Lipinski definition) is 1. The fourth-order valence-electron chi connectivity index (χ4n) is 1.55. The quantitative estimate of drug-likeness (QED) is 0.593. The molecule has 5 nitrogen and oxygen atoms in total. The van der Waals surface area contributed by atoms with Crippen molar-refractivity contribution < 1.29 is 14.3 Å². The highest BCUT2D eigenvalue weighted by Crippen LogP contribution is 2.13. The third-order valence-electron chi connectivity index (χ3n) is 2.58. The lowest BCUT2D eigenvalue weighted by Gasteiger charge is -2.10. The van der Waals surface area contributed by atoms with Gasteiger partial charge in [-0.1, -0.05) is 12.1 Å². The predicted molar refractivity (Wildman–Crippen MR) is 70.5 cm³/mol. The Labute approximate surface area is 112 Å². The Balaban J connectivity index is 2.43. The van der Waals surface area contributed by atoms with Gasteiger partial charge in [0.05, 0.1) is 19.8 Å². The van der Waals surface area contributed by atoms with E-state index in [1.165, 1.54) is 7.11 Å². The number of rotatable bonds is 7. The van der Waals surface area contributed by atoms with Crippen molar-refractivity contribution in [1.82, 2.24) is 0 Å². The Kier molecular flexibility index (Phi) is 6.41. The number of hydrogen-bond acceptors (Lipinski definition) is 5. The maximum absolute atomic E-state index is 11.2. The van der Waals surface area contributed by atoms with E-state index in [-0.39, 0.29) is 0 Å². The highest BCUT2D eigenvalue weighted by molar-refractivity contribution is 5.75. The minimum Gasteiger partial charge on any atom is -0.494 e. The molecule has 0 spiro atoms. The standard InChI is InChI=1S/C14H18N2O3/c1-18-14(17)13(16)10-11-4-6-12(7-5-11)19-9-3-2-8-15/h4-7,13H,2-3,9-10,16H2,1H3. The number of methoxy groups -OCH3 is 1. The van der Waals surface area contributed by atoms with E-state index in [2.05, 4.69) is 10.8 Å². The van der Waals surface area contributed by atoms with Gasteiger partial charge < -0.3 is 15.2 Å². The summed E-state index contributed by atoms with van der Waals surface area (Å²) in [5.74, 6) is 0.324. The lowest BCUT2D eigenvalue weighted by Crippen LogP contribution is -2.33. The molecule has 1 unspecified atom stereocenters. The molecule has 0 saturated carbocycles. The average molecular weight is 262 g/mol. The fourth-order valence-corrected chi connectivity index (χ4v) is 1.55. The lowest BCUT2D eigenvalue weighted by atomic mass is 10.1. The molecule has 5 heteroatoms. The van der Waals surface area contributed by atoms with Crippen LogP contribution < -0.4 is 10.5 Å². The maximum atomic E-state index is 11.2. The molecule has 0 aromatic heterocycles. The van der Waals surface area contributed by atoms with Crippen molar-refractivity contribution in [3.8, 4) is 11.8 Å². The van der Waals surface area contributed by atoms with Gasteiger partial charge in [0.25, 0.3) is 0 Å². The van der Waals surface area contributed by atoms with Crippen LogP contribution in [0.4, 0.5) is 0 Å². The number of nitriles is 1. The summed E-state index contributed by atoms with van der Waals surface area (Å²) in [5, 5.41) is 8.39. The Morgan fingerprint density at radius 2 is 2.11 bits per heavy atom. The molecule has 0 aliphatic carbocycles. The van der Waals surface area contributed by atoms with Gasteiger partial charge in [-0.15, -0.1) is 0 Å². The molecule has 0 bridgehead atoms. The van der Waals surface area contributed by atoms with Gasteiger partial charge in [-0.3, -0.25) is 4.79 Å². The molecule has 0 amide bonds. The fraction of sp³-hybridized carbons (Fsp3) is 0.429. The molecule has 0 heterocycles. The summed E-state index contributed by atoms with van der Waals surface area (Å²) in [4.78, 5) is 11.2. The first-order valence-electron chi connectivity index (χ1n) is 6.09. The van der Waals surface area contributed by atoms with Crippen LogP contribution >= 0.6 is 0 Å². The second kappa shape index (κ2) is 8.11. The van der Waals surface area contributed by atoms with Gasteiger partial charge in [0.15, 0.2) is 0 Å². The summed E-state index contributed by atoms with van der Waals surface area (Å²) in [7, 11) is 1.32. The van der Waals surface area contributed by atoms with Crippen LogP contribution in [0.5, 0.6) is 5.75 Å². The smallest absolute Gasteiger partial charge is 0.322 e. The summed E-state index contributed by atoms with van der Waals surface area (Å²) in [6.45, 7) is 0.522. The molecule has 1 aromatic rings. The van der Waals surface area contributed by atoms with E-state index in [1.54, 1.807) is 0 Å². The Morgan fingerprint density at radius 3 is 2.68 bits per heavy atom. The normalized spacial score (nSPS) is 11.4. The van der Waals surface area contributed by atoms with Crippen molar-refractivity contribution >= 4 is 5.97 Å². The highest BCUT2D eigenvalue weighted by atomic mass is 16.5. The largest absolute Gasteiger partial charge is 0.494 e. The molecule has 2 N–H and O–H groups in total. The number of nitrogens with two attached hydrogens (primary N) is 1. The molecule has 0 radical (unpaired) electrons. The van der Waals surface area contributed by atoms with Crippen molar-refractivity contribution in [2.45, 2.75) is 25.3 Å². The first-order valence-corrected chi connectivity index (χ1v) is 6.09. The third-order valence-corrected chi connectivity index (χ3v) is 2.58. The number of benzene rings is 1. The van der Waals surface area contributed by atoms with Gasteiger partial charge >= 0.3 is 5.97 Å². The summed E-state index contributed by atoms with van der Waals surface area (Å²) < 4.78 is 10.0. The summed E-state index contributed by atoms with van der Waals surface area (Å²) in [5.41, 5.74) is 6.62. The van der Waals surface area contributed by atoms with E-state index in [1.807, 2.05) is 24.3 Å². The summed E-state index contributed by atoms with van der Waals surface area (Å²) in [6.07, 6.45) is 1.64. The number of carbonyl (C=O) groups is 1. The SMILES string of the molecule is COC(=O)C(N)Cc1ccc(OCCCC#N)cc1. The molecule has 0 aliphatic heterocycles.